The number of para-hydroxylation sites is 1. The van der Waals surface area contributed by atoms with Crippen molar-refractivity contribution in [2.75, 3.05) is 0 Å². The Hall–Kier alpha value is -1.15. The maximum atomic E-state index is 11.0. The minimum Gasteiger partial charge on any atom is -0.391 e. The Morgan fingerprint density at radius 1 is 1.31 bits per heavy atom. The molecule has 0 radical (unpaired) electrons. The Morgan fingerprint density at radius 3 is 2.62 bits per heavy atom. The second kappa shape index (κ2) is 4.79. The van der Waals surface area contributed by atoms with E-state index < -0.39 is 12.3 Å². The normalized spacial score (nSPS) is 24.5. The molecular formula is C6H5N4O3P3. The molecule has 2 rings (SSSR count). The average Bonchev–Trinajstić information content (AvgIpc) is 2.31. The fourth-order valence-electron chi connectivity index (χ4n) is 0.934. The van der Waals surface area contributed by atoms with E-state index in [9.17, 15) is 10.1 Å². The number of hydrogen-bond donors (Lipinski definition) is 0. The van der Waals surface area contributed by atoms with Crippen molar-refractivity contribution in [2.24, 2.45) is 13.5 Å². The molecule has 0 bridgehead atoms. The van der Waals surface area contributed by atoms with Crippen LogP contribution in [0.5, 0.6) is 5.75 Å². The molecule has 0 spiro atoms. The summed E-state index contributed by atoms with van der Waals surface area (Å²) in [5, 5.41) is 11.0. The Labute approximate surface area is 94.1 Å². The molecule has 1 unspecified atom stereocenters. The maximum Gasteiger partial charge on any atom is 0.593 e. The van der Waals surface area contributed by atoms with Crippen LogP contribution in [0.1, 0.15) is 0 Å². The molecule has 1 aromatic rings. The van der Waals surface area contributed by atoms with Crippen molar-refractivity contribution in [2.45, 2.75) is 0 Å². The third kappa shape index (κ3) is 2.33. The number of rotatable bonds is 3. The lowest BCUT2D eigenvalue weighted by Crippen LogP contribution is -2.00. The fraction of sp³-hybridized carbons (Fsp3) is 0. The molecule has 0 aromatic heterocycles. The minimum atomic E-state index is -3.33. The van der Waals surface area contributed by atoms with Crippen LogP contribution in [-0.4, -0.2) is 4.69 Å². The molecule has 7 nitrogen and oxygen atoms in total. The van der Waals surface area contributed by atoms with Crippen LogP contribution in [-0.2, 0) is 0 Å². The van der Waals surface area contributed by atoms with Crippen molar-refractivity contribution in [3.05, 3.63) is 40.4 Å². The molecule has 82 valence electrons. The summed E-state index contributed by atoms with van der Waals surface area (Å²) in [5.41, 5.74) is 0. The van der Waals surface area contributed by atoms with E-state index >= 15 is 0 Å². The molecule has 0 fully saturated rings. The molecule has 1 heterocycles. The third-order valence-electron chi connectivity index (χ3n) is 1.58. The first-order chi connectivity index (χ1) is 7.73. The highest BCUT2D eigenvalue weighted by Crippen LogP contribution is 2.58. The zero-order valence-corrected chi connectivity index (χ0v) is 10.4. The van der Waals surface area contributed by atoms with Gasteiger partial charge in [0.05, 0.1) is 0 Å². The Morgan fingerprint density at radius 2 is 2.06 bits per heavy atom. The predicted molar refractivity (Wildman–Crippen MR) is 62.1 cm³/mol. The summed E-state index contributed by atoms with van der Waals surface area (Å²) in [6.45, 7) is 0. The van der Waals surface area contributed by atoms with E-state index in [1.54, 1.807) is 30.3 Å². The van der Waals surface area contributed by atoms with Gasteiger partial charge in [-0.05, 0) is 12.1 Å². The van der Waals surface area contributed by atoms with Gasteiger partial charge in [0.15, 0.2) is 17.0 Å². The zero-order chi connectivity index (χ0) is 11.4. The van der Waals surface area contributed by atoms with E-state index in [-0.39, 0.29) is 0 Å². The highest BCUT2D eigenvalue weighted by atomic mass is 31.2. The van der Waals surface area contributed by atoms with Gasteiger partial charge in [0.1, 0.15) is 10.4 Å². The van der Waals surface area contributed by atoms with E-state index in [2.05, 4.69) is 13.5 Å². The molecule has 1 aliphatic rings. The van der Waals surface area contributed by atoms with Gasteiger partial charge >= 0.3 is 7.58 Å². The first-order valence-corrected chi connectivity index (χ1v) is 7.23. The molecule has 10 heteroatoms. The Bertz CT molecular complexity index is 515. The van der Waals surface area contributed by atoms with Crippen LogP contribution in [0.15, 0.2) is 43.9 Å². The van der Waals surface area contributed by atoms with Gasteiger partial charge < -0.3 is 4.52 Å². The average molecular weight is 274 g/mol. The number of benzene rings is 1. The fourth-order valence-corrected chi connectivity index (χ4v) is 4.59. The zero-order valence-electron chi connectivity index (χ0n) is 7.74. The van der Waals surface area contributed by atoms with Gasteiger partial charge in [0.25, 0.3) is 0 Å². The number of nitro groups is 1. The first kappa shape index (κ1) is 11.3. The lowest BCUT2D eigenvalue weighted by atomic mass is 10.3. The van der Waals surface area contributed by atoms with Crippen LogP contribution in [0.25, 0.3) is 0 Å². The highest BCUT2D eigenvalue weighted by Gasteiger charge is 2.38. The largest absolute Gasteiger partial charge is 0.593 e. The van der Waals surface area contributed by atoms with Crippen LogP contribution in [0.3, 0.4) is 0 Å². The van der Waals surface area contributed by atoms with Gasteiger partial charge in [-0.3, -0.25) is 10.1 Å². The van der Waals surface area contributed by atoms with Gasteiger partial charge in [0, 0.05) is 0 Å². The molecule has 1 aliphatic heterocycles. The van der Waals surface area contributed by atoms with E-state index in [1.165, 1.54) is 0 Å². The smallest absolute Gasteiger partial charge is 0.391 e. The summed E-state index contributed by atoms with van der Waals surface area (Å²) >= 11 is 0. The minimum absolute atomic E-state index is 0.300. The first-order valence-electron chi connectivity index (χ1n) is 4.06. The van der Waals surface area contributed by atoms with Crippen molar-refractivity contribution in [3.63, 3.8) is 0 Å². The summed E-state index contributed by atoms with van der Waals surface area (Å²) < 4.78 is 16.1. The number of nitrogens with zero attached hydrogens (tertiary/aromatic N) is 4. The highest BCUT2D eigenvalue weighted by molar-refractivity contribution is 7.64. The monoisotopic (exact) mass is 274 g/mol. The van der Waals surface area contributed by atoms with Crippen LogP contribution in [0.4, 0.5) is 0 Å². The van der Waals surface area contributed by atoms with Gasteiger partial charge in [-0.2, -0.15) is 4.52 Å². The van der Waals surface area contributed by atoms with E-state index in [0.29, 0.717) is 22.8 Å². The predicted octanol–water partition coefficient (Wildman–Crippen LogP) is 4.39. The lowest BCUT2D eigenvalue weighted by molar-refractivity contribution is -0.317. The Kier molecular flexibility index (Phi) is 3.39. The van der Waals surface area contributed by atoms with Crippen molar-refractivity contribution in [3.8, 4) is 5.75 Å². The molecular weight excluding hydrogens is 269 g/mol. The molecule has 1 atom stereocenters. The van der Waals surface area contributed by atoms with Crippen LogP contribution in [0.2, 0.25) is 0 Å². The van der Waals surface area contributed by atoms with E-state index in [0.717, 1.165) is 0 Å². The van der Waals surface area contributed by atoms with E-state index in [4.69, 9.17) is 4.52 Å². The summed E-state index contributed by atoms with van der Waals surface area (Å²) in [6.07, 6.45) is 0. The maximum absolute atomic E-state index is 11.0. The lowest BCUT2D eigenvalue weighted by Gasteiger charge is -2.10. The van der Waals surface area contributed by atoms with Gasteiger partial charge in [0.2, 0.25) is 0 Å². The molecule has 0 N–H and O–H groups in total. The quantitative estimate of drug-likeness (QED) is 0.465. The molecule has 0 aliphatic carbocycles. The topological polar surface area (TPSA) is 89.5 Å². The standard InChI is InChI=1S/C6H5N4O3P3/c11-10(12)16(8-14-7-15-9-16)13-6-4-2-1-3-5-6/h1-5H. The summed E-state index contributed by atoms with van der Waals surface area (Å²) in [4.78, 5) is 11.0. The summed E-state index contributed by atoms with van der Waals surface area (Å²) in [5.74, 6) is 0.396. The van der Waals surface area contributed by atoms with Crippen molar-refractivity contribution < 1.29 is 9.22 Å². The third-order valence-corrected chi connectivity index (χ3v) is 5.60. The van der Waals surface area contributed by atoms with E-state index in [1.807, 2.05) is 0 Å². The molecule has 0 amide bonds. The van der Waals surface area contributed by atoms with Crippen LogP contribution in [0, 0.1) is 10.1 Å². The molecule has 0 saturated carbocycles. The van der Waals surface area contributed by atoms with Gasteiger partial charge in [-0.1, -0.05) is 18.2 Å². The summed E-state index contributed by atoms with van der Waals surface area (Å²) in [7, 11) is -2.73. The molecule has 16 heavy (non-hydrogen) atoms. The second-order valence-electron chi connectivity index (χ2n) is 2.60. The van der Waals surface area contributed by atoms with Crippen LogP contribution >= 0.6 is 24.6 Å². The van der Waals surface area contributed by atoms with Crippen molar-refractivity contribution in [1.82, 2.24) is 0 Å². The van der Waals surface area contributed by atoms with Crippen LogP contribution < -0.4 is 4.52 Å². The SMILES string of the molecule is O=[N+]([O-])P1(Oc2ccccc2)=NP=NP=N1. The Balaban J connectivity index is 2.37. The second-order valence-corrected chi connectivity index (χ2v) is 6.64. The van der Waals surface area contributed by atoms with Crippen molar-refractivity contribution in [1.29, 1.82) is 0 Å². The van der Waals surface area contributed by atoms with Gasteiger partial charge in [-0.15, -0.1) is 9.03 Å². The molecule has 1 aromatic carbocycles. The summed E-state index contributed by atoms with van der Waals surface area (Å²) in [6, 6.07) is 8.53. The van der Waals surface area contributed by atoms with Crippen molar-refractivity contribution >= 4 is 24.6 Å². The van der Waals surface area contributed by atoms with Gasteiger partial charge in [-0.25, -0.2) is 0 Å². The number of hydrogen-bond acceptors (Lipinski definition) is 6. The molecule has 0 saturated heterocycles.